The van der Waals surface area contributed by atoms with Crippen molar-refractivity contribution in [1.82, 2.24) is 9.55 Å². The summed E-state index contributed by atoms with van der Waals surface area (Å²) < 4.78 is 23.4. The summed E-state index contributed by atoms with van der Waals surface area (Å²) in [5.41, 5.74) is 1.77. The van der Waals surface area contributed by atoms with E-state index in [1.165, 1.54) is 0 Å². The lowest BCUT2D eigenvalue weighted by molar-refractivity contribution is 0.603. The molecule has 0 aliphatic carbocycles. The van der Waals surface area contributed by atoms with E-state index in [0.717, 1.165) is 11.0 Å². The van der Waals surface area contributed by atoms with Crippen molar-refractivity contribution >= 4 is 30.8 Å². The molecule has 4 nitrogen and oxygen atoms in total. The average Bonchev–Trinajstić information content (AvgIpc) is 2.57. The quantitative estimate of drug-likeness (QED) is 0.771. The average molecular weight is 245 g/mol. The van der Waals surface area contributed by atoms with Crippen molar-refractivity contribution in [1.29, 1.82) is 0 Å². The number of fused-ring (bicyclic) bond motifs is 1. The lowest BCUT2D eigenvalue weighted by Crippen LogP contribution is -2.06. The highest BCUT2D eigenvalue weighted by Crippen LogP contribution is 2.12. The van der Waals surface area contributed by atoms with Gasteiger partial charge in [-0.15, -0.1) is 0 Å². The third-order valence-corrected chi connectivity index (χ3v) is 3.24. The maximum absolute atomic E-state index is 10.8. The largest absolute Gasteiger partial charge is 0.330 e. The van der Waals surface area contributed by atoms with Crippen LogP contribution in [-0.4, -0.2) is 23.7 Å². The summed E-state index contributed by atoms with van der Waals surface area (Å²) in [5.74, 6) is -0.0884. The third-order valence-electron chi connectivity index (χ3n) is 2.10. The summed E-state index contributed by atoms with van der Waals surface area (Å²) in [6, 6.07) is 7.54. The Bertz CT molecular complexity index is 577. The van der Waals surface area contributed by atoms with Gasteiger partial charge in [0.05, 0.1) is 23.1 Å². The molecule has 0 aliphatic heterocycles. The minimum atomic E-state index is -3.45. The summed E-state index contributed by atoms with van der Waals surface area (Å²) in [4.78, 5) is 4.14. The lowest BCUT2D eigenvalue weighted by Gasteiger charge is -2.01. The van der Waals surface area contributed by atoms with Crippen molar-refractivity contribution in [2.24, 2.45) is 0 Å². The van der Waals surface area contributed by atoms with Gasteiger partial charge in [0.25, 0.3) is 0 Å². The van der Waals surface area contributed by atoms with Crippen LogP contribution in [0.4, 0.5) is 0 Å². The zero-order valence-electron chi connectivity index (χ0n) is 7.80. The fraction of sp³-hybridized carbons (Fsp3) is 0.222. The maximum Gasteiger partial charge on any atom is 0.234 e. The molecule has 1 aromatic heterocycles. The van der Waals surface area contributed by atoms with Gasteiger partial charge in [0.1, 0.15) is 0 Å². The first kappa shape index (κ1) is 10.4. The fourth-order valence-corrected chi connectivity index (χ4v) is 2.02. The normalized spacial score (nSPS) is 12.1. The minimum absolute atomic E-state index is 0.0884. The first-order chi connectivity index (χ1) is 7.06. The van der Waals surface area contributed by atoms with Crippen LogP contribution in [-0.2, 0) is 15.6 Å². The van der Waals surface area contributed by atoms with Crippen LogP contribution in [0.15, 0.2) is 30.6 Å². The molecular formula is C9H9ClN2O2S. The molecule has 0 atom stereocenters. The standard InChI is InChI=1S/C9H9ClN2O2S/c10-15(13,14)6-5-12-7-11-8-3-1-2-4-9(8)12/h1-4,7H,5-6H2. The Balaban J connectivity index is 2.29. The zero-order chi connectivity index (χ0) is 10.9. The molecule has 0 saturated carbocycles. The first-order valence-corrected chi connectivity index (χ1v) is 6.86. The first-order valence-electron chi connectivity index (χ1n) is 4.38. The Morgan fingerprint density at radius 1 is 1.33 bits per heavy atom. The van der Waals surface area contributed by atoms with Crippen molar-refractivity contribution < 1.29 is 8.42 Å². The Morgan fingerprint density at radius 2 is 2.07 bits per heavy atom. The van der Waals surface area contributed by atoms with Crippen molar-refractivity contribution in [2.75, 3.05) is 5.75 Å². The molecule has 0 radical (unpaired) electrons. The van der Waals surface area contributed by atoms with Gasteiger partial charge in [-0.05, 0) is 12.1 Å². The van der Waals surface area contributed by atoms with Crippen LogP contribution < -0.4 is 0 Å². The van der Waals surface area contributed by atoms with E-state index in [0.29, 0.717) is 6.54 Å². The van der Waals surface area contributed by atoms with Crippen LogP contribution in [0, 0.1) is 0 Å². The monoisotopic (exact) mass is 244 g/mol. The van der Waals surface area contributed by atoms with E-state index < -0.39 is 9.05 Å². The van der Waals surface area contributed by atoms with E-state index in [-0.39, 0.29) is 5.75 Å². The van der Waals surface area contributed by atoms with Crippen LogP contribution in [0.3, 0.4) is 0 Å². The number of imidazole rings is 1. The van der Waals surface area contributed by atoms with Crippen LogP contribution in [0.5, 0.6) is 0 Å². The Morgan fingerprint density at radius 3 is 2.80 bits per heavy atom. The summed E-state index contributed by atoms with van der Waals surface area (Å²) >= 11 is 0. The molecule has 2 aromatic rings. The predicted molar refractivity (Wildman–Crippen MR) is 59.4 cm³/mol. The number of aryl methyl sites for hydroxylation is 1. The number of benzene rings is 1. The molecule has 6 heteroatoms. The maximum atomic E-state index is 10.8. The molecule has 1 heterocycles. The zero-order valence-corrected chi connectivity index (χ0v) is 9.37. The third kappa shape index (κ3) is 2.49. The van der Waals surface area contributed by atoms with Gasteiger partial charge < -0.3 is 4.57 Å². The molecule has 0 aliphatic rings. The molecule has 80 valence electrons. The molecular weight excluding hydrogens is 236 g/mol. The summed E-state index contributed by atoms with van der Waals surface area (Å²) in [7, 11) is 1.69. The highest BCUT2D eigenvalue weighted by molar-refractivity contribution is 8.13. The predicted octanol–water partition coefficient (Wildman–Crippen LogP) is 1.60. The van der Waals surface area contributed by atoms with Crippen molar-refractivity contribution in [2.45, 2.75) is 6.54 Å². The number of para-hydroxylation sites is 2. The van der Waals surface area contributed by atoms with Crippen molar-refractivity contribution in [3.8, 4) is 0 Å². The second-order valence-corrected chi connectivity index (χ2v) is 6.07. The van der Waals surface area contributed by atoms with Gasteiger partial charge in [-0.1, -0.05) is 12.1 Å². The minimum Gasteiger partial charge on any atom is -0.330 e. The van der Waals surface area contributed by atoms with Crippen LogP contribution >= 0.6 is 10.7 Å². The highest BCUT2D eigenvalue weighted by atomic mass is 35.7. The van der Waals surface area contributed by atoms with Crippen LogP contribution in [0.1, 0.15) is 0 Å². The van der Waals surface area contributed by atoms with Gasteiger partial charge in [-0.3, -0.25) is 0 Å². The topological polar surface area (TPSA) is 52.0 Å². The molecule has 0 N–H and O–H groups in total. The van der Waals surface area contributed by atoms with Crippen molar-refractivity contribution in [3.05, 3.63) is 30.6 Å². The molecule has 0 spiro atoms. The summed E-state index contributed by atoms with van der Waals surface area (Å²) in [6.45, 7) is 0.326. The summed E-state index contributed by atoms with van der Waals surface area (Å²) in [6.07, 6.45) is 1.62. The molecule has 0 fully saturated rings. The Labute approximate surface area is 91.9 Å². The van der Waals surface area contributed by atoms with Gasteiger partial charge in [-0.25, -0.2) is 13.4 Å². The molecule has 0 unspecified atom stereocenters. The number of aromatic nitrogens is 2. The number of rotatable bonds is 3. The second-order valence-electron chi connectivity index (χ2n) is 3.17. The molecule has 15 heavy (non-hydrogen) atoms. The smallest absolute Gasteiger partial charge is 0.234 e. The van der Waals surface area contributed by atoms with Crippen LogP contribution in [0.25, 0.3) is 11.0 Å². The van der Waals surface area contributed by atoms with E-state index in [1.54, 1.807) is 10.9 Å². The van der Waals surface area contributed by atoms with E-state index in [4.69, 9.17) is 10.7 Å². The SMILES string of the molecule is O=S(=O)(Cl)CCn1cnc2ccccc21. The number of halogens is 1. The van der Waals surface area contributed by atoms with Gasteiger partial charge in [0.2, 0.25) is 9.05 Å². The summed E-state index contributed by atoms with van der Waals surface area (Å²) in [5, 5.41) is 0. The van der Waals surface area contributed by atoms with Crippen LogP contribution in [0.2, 0.25) is 0 Å². The Kier molecular flexibility index (Phi) is 2.67. The van der Waals surface area contributed by atoms with Gasteiger partial charge >= 0.3 is 0 Å². The Hall–Kier alpha value is -1.07. The fourth-order valence-electron chi connectivity index (χ4n) is 1.40. The highest BCUT2D eigenvalue weighted by Gasteiger charge is 2.07. The second kappa shape index (κ2) is 3.83. The molecule has 0 saturated heterocycles. The van der Waals surface area contributed by atoms with Gasteiger partial charge in [0.15, 0.2) is 0 Å². The lowest BCUT2D eigenvalue weighted by atomic mass is 10.3. The number of nitrogens with zero attached hydrogens (tertiary/aromatic N) is 2. The van der Waals surface area contributed by atoms with E-state index >= 15 is 0 Å². The van der Waals surface area contributed by atoms with Crippen molar-refractivity contribution in [3.63, 3.8) is 0 Å². The number of hydrogen-bond acceptors (Lipinski definition) is 3. The van der Waals surface area contributed by atoms with E-state index in [1.807, 2.05) is 24.3 Å². The molecule has 1 aromatic carbocycles. The number of hydrogen-bond donors (Lipinski definition) is 0. The van der Waals surface area contributed by atoms with Gasteiger partial charge in [0, 0.05) is 17.2 Å². The van der Waals surface area contributed by atoms with Gasteiger partial charge in [-0.2, -0.15) is 0 Å². The van der Waals surface area contributed by atoms with E-state index in [2.05, 4.69) is 4.98 Å². The molecule has 2 rings (SSSR count). The van der Waals surface area contributed by atoms with E-state index in [9.17, 15) is 8.42 Å². The molecule has 0 amide bonds. The molecule has 0 bridgehead atoms.